The Morgan fingerprint density at radius 1 is 0.800 bits per heavy atom. The lowest BCUT2D eigenvalue weighted by molar-refractivity contribution is -0.137. The maximum absolute atomic E-state index is 13.1. The number of aromatic amines is 1. The molecule has 0 saturated carbocycles. The fourth-order valence-electron chi connectivity index (χ4n) is 4.33. The van der Waals surface area contributed by atoms with Gasteiger partial charge in [-0.1, -0.05) is 48.5 Å². The molecule has 2 aromatic heterocycles. The highest BCUT2D eigenvalue weighted by Crippen LogP contribution is 2.40. The number of nitrogens with zero attached hydrogens (tertiary/aromatic N) is 1. The summed E-state index contributed by atoms with van der Waals surface area (Å²) in [7, 11) is 1.99. The summed E-state index contributed by atoms with van der Waals surface area (Å²) < 4.78 is 41.5. The molecule has 0 spiro atoms. The maximum Gasteiger partial charge on any atom is 0.416 e. The third-order valence-electron chi connectivity index (χ3n) is 5.74. The molecule has 3 aromatic carbocycles. The number of aryl methyl sites for hydroxylation is 1. The van der Waals surface area contributed by atoms with E-state index in [0.29, 0.717) is 0 Å². The second-order valence-corrected chi connectivity index (χ2v) is 7.55. The predicted octanol–water partition coefficient (Wildman–Crippen LogP) is 6.86. The number of alkyl halides is 3. The summed E-state index contributed by atoms with van der Waals surface area (Å²) in [5, 5.41) is 2.16. The first-order valence-corrected chi connectivity index (χ1v) is 9.70. The lowest BCUT2D eigenvalue weighted by Gasteiger charge is -2.18. The Kier molecular flexibility index (Phi) is 4.21. The minimum absolute atomic E-state index is 0.200. The van der Waals surface area contributed by atoms with Crippen LogP contribution in [0.25, 0.3) is 21.8 Å². The first-order chi connectivity index (χ1) is 14.4. The maximum atomic E-state index is 13.1. The second kappa shape index (κ2) is 6.80. The van der Waals surface area contributed by atoms with Crippen LogP contribution in [0, 0.1) is 0 Å². The third-order valence-corrected chi connectivity index (χ3v) is 5.74. The number of fused-ring (bicyclic) bond motifs is 2. The van der Waals surface area contributed by atoms with Crippen LogP contribution < -0.4 is 0 Å². The smallest absolute Gasteiger partial charge is 0.361 e. The number of hydrogen-bond donors (Lipinski definition) is 1. The molecule has 5 aromatic rings. The van der Waals surface area contributed by atoms with Gasteiger partial charge in [0.1, 0.15) is 0 Å². The van der Waals surface area contributed by atoms with E-state index in [1.165, 1.54) is 12.1 Å². The van der Waals surface area contributed by atoms with Gasteiger partial charge in [0.25, 0.3) is 0 Å². The van der Waals surface area contributed by atoms with Crippen LogP contribution in [0.2, 0.25) is 0 Å². The topological polar surface area (TPSA) is 20.7 Å². The van der Waals surface area contributed by atoms with Gasteiger partial charge in [-0.2, -0.15) is 13.2 Å². The molecule has 1 atom stereocenters. The summed E-state index contributed by atoms with van der Waals surface area (Å²) in [6, 6.07) is 21.6. The average Bonchev–Trinajstić information content (AvgIpc) is 3.31. The third kappa shape index (κ3) is 2.98. The number of nitrogens with one attached hydrogen (secondary N) is 1. The Balaban J connectivity index is 1.76. The molecule has 2 heterocycles. The van der Waals surface area contributed by atoms with Gasteiger partial charge in [-0.05, 0) is 41.0 Å². The summed E-state index contributed by atoms with van der Waals surface area (Å²) in [5.74, 6) is -0.200. The SMILES string of the molecule is Cn1cc(C(c2ccc(C(F)(F)F)cc2)c2c[nH]c3ccccc23)c2ccccc21. The molecule has 0 radical (unpaired) electrons. The van der Waals surface area contributed by atoms with Crippen molar-refractivity contribution in [3.63, 3.8) is 0 Å². The van der Waals surface area contributed by atoms with Crippen LogP contribution in [0.1, 0.15) is 28.2 Å². The van der Waals surface area contributed by atoms with Gasteiger partial charge in [0.15, 0.2) is 0 Å². The molecule has 1 unspecified atom stereocenters. The molecule has 30 heavy (non-hydrogen) atoms. The number of halogens is 3. The van der Waals surface area contributed by atoms with E-state index in [4.69, 9.17) is 0 Å². The quantitative estimate of drug-likeness (QED) is 0.339. The Hall–Kier alpha value is -3.47. The van der Waals surface area contributed by atoms with Gasteiger partial charge in [0, 0.05) is 47.2 Å². The van der Waals surface area contributed by atoms with Gasteiger partial charge in [-0.3, -0.25) is 0 Å². The fraction of sp³-hybridized carbons (Fsp3) is 0.120. The second-order valence-electron chi connectivity index (χ2n) is 7.55. The predicted molar refractivity (Wildman–Crippen MR) is 114 cm³/mol. The molecular weight excluding hydrogens is 385 g/mol. The van der Waals surface area contributed by atoms with Gasteiger partial charge >= 0.3 is 6.18 Å². The van der Waals surface area contributed by atoms with Crippen LogP contribution >= 0.6 is 0 Å². The Morgan fingerprint density at radius 3 is 2.20 bits per heavy atom. The van der Waals surface area contributed by atoms with E-state index in [2.05, 4.69) is 27.9 Å². The minimum Gasteiger partial charge on any atom is -0.361 e. The first-order valence-electron chi connectivity index (χ1n) is 9.70. The van der Waals surface area contributed by atoms with E-state index < -0.39 is 11.7 Å². The van der Waals surface area contributed by atoms with Gasteiger partial charge < -0.3 is 9.55 Å². The van der Waals surface area contributed by atoms with Crippen molar-refractivity contribution in [2.24, 2.45) is 7.05 Å². The highest BCUT2D eigenvalue weighted by molar-refractivity contribution is 5.89. The molecule has 0 aliphatic rings. The molecule has 5 rings (SSSR count). The van der Waals surface area contributed by atoms with Crippen LogP contribution in [0.3, 0.4) is 0 Å². The van der Waals surface area contributed by atoms with Gasteiger partial charge in [-0.25, -0.2) is 0 Å². The highest BCUT2D eigenvalue weighted by atomic mass is 19.4. The van der Waals surface area contributed by atoms with Crippen LogP contribution in [0.15, 0.2) is 85.2 Å². The number of rotatable bonds is 3. The monoisotopic (exact) mass is 404 g/mol. The van der Waals surface area contributed by atoms with Crippen molar-refractivity contribution in [1.29, 1.82) is 0 Å². The summed E-state index contributed by atoms with van der Waals surface area (Å²) in [6.07, 6.45) is -0.308. The van der Waals surface area contributed by atoms with Crippen LogP contribution in [0.5, 0.6) is 0 Å². The van der Waals surface area contributed by atoms with Crippen LogP contribution in [-0.2, 0) is 13.2 Å². The Morgan fingerprint density at radius 2 is 1.47 bits per heavy atom. The molecule has 0 aliphatic carbocycles. The molecule has 2 nitrogen and oxygen atoms in total. The summed E-state index contributed by atoms with van der Waals surface area (Å²) in [6.45, 7) is 0. The van der Waals surface area contributed by atoms with Crippen LogP contribution in [-0.4, -0.2) is 9.55 Å². The van der Waals surface area contributed by atoms with Crippen molar-refractivity contribution < 1.29 is 13.2 Å². The zero-order valence-electron chi connectivity index (χ0n) is 16.2. The summed E-state index contributed by atoms with van der Waals surface area (Å²) in [4.78, 5) is 3.31. The largest absolute Gasteiger partial charge is 0.416 e. The first kappa shape index (κ1) is 18.6. The molecule has 0 aliphatic heterocycles. The van der Waals surface area contributed by atoms with Crippen molar-refractivity contribution in [3.8, 4) is 0 Å². The van der Waals surface area contributed by atoms with E-state index in [9.17, 15) is 13.2 Å². The van der Waals surface area contributed by atoms with Gasteiger partial charge in [0.2, 0.25) is 0 Å². The number of aromatic nitrogens is 2. The Bertz CT molecular complexity index is 1340. The Labute approximate surface area is 171 Å². The van der Waals surface area contributed by atoms with Crippen molar-refractivity contribution >= 4 is 21.8 Å². The number of H-pyrrole nitrogens is 1. The summed E-state index contributed by atoms with van der Waals surface area (Å²) >= 11 is 0. The van der Waals surface area contributed by atoms with Crippen molar-refractivity contribution in [3.05, 3.63) is 107 Å². The van der Waals surface area contributed by atoms with Gasteiger partial charge in [0.05, 0.1) is 5.56 Å². The molecule has 1 N–H and O–H groups in total. The number of para-hydroxylation sites is 2. The number of hydrogen-bond acceptors (Lipinski definition) is 0. The minimum atomic E-state index is -4.35. The van der Waals surface area contributed by atoms with E-state index in [-0.39, 0.29) is 5.92 Å². The van der Waals surface area contributed by atoms with Crippen LogP contribution in [0.4, 0.5) is 13.2 Å². The average molecular weight is 404 g/mol. The van der Waals surface area contributed by atoms with E-state index >= 15 is 0 Å². The van der Waals surface area contributed by atoms with E-state index in [1.807, 2.05) is 49.6 Å². The molecule has 0 amide bonds. The molecule has 0 fully saturated rings. The highest BCUT2D eigenvalue weighted by Gasteiger charge is 2.31. The standard InChI is InChI=1S/C25H19F3N2/c1-30-15-21(19-7-3-5-9-23(19)30)24(16-10-12-17(13-11-16)25(26,27)28)20-14-29-22-8-4-2-6-18(20)22/h2-15,24,29H,1H3. The zero-order chi connectivity index (χ0) is 20.9. The zero-order valence-corrected chi connectivity index (χ0v) is 16.2. The number of benzene rings is 3. The molecule has 0 bridgehead atoms. The van der Waals surface area contributed by atoms with Gasteiger partial charge in [-0.15, -0.1) is 0 Å². The van der Waals surface area contributed by atoms with Crippen molar-refractivity contribution in [1.82, 2.24) is 9.55 Å². The van der Waals surface area contributed by atoms with E-state index in [1.54, 1.807) is 12.1 Å². The van der Waals surface area contributed by atoms with E-state index in [0.717, 1.165) is 38.5 Å². The lowest BCUT2D eigenvalue weighted by atomic mass is 9.84. The molecule has 150 valence electrons. The van der Waals surface area contributed by atoms with Crippen molar-refractivity contribution in [2.45, 2.75) is 12.1 Å². The fourth-order valence-corrected chi connectivity index (χ4v) is 4.33. The van der Waals surface area contributed by atoms with Crippen molar-refractivity contribution in [2.75, 3.05) is 0 Å². The normalized spacial score (nSPS) is 13.2. The summed E-state index contributed by atoms with van der Waals surface area (Å²) in [5.41, 5.74) is 4.39. The lowest BCUT2D eigenvalue weighted by Crippen LogP contribution is -2.07. The molecular formula is C25H19F3N2. The molecule has 5 heteroatoms. The molecule has 0 saturated heterocycles.